The number of aromatic nitrogens is 1. The summed E-state index contributed by atoms with van der Waals surface area (Å²) in [5, 5.41) is 0. The van der Waals surface area contributed by atoms with E-state index < -0.39 is 0 Å². The van der Waals surface area contributed by atoms with Gasteiger partial charge in [-0.3, -0.25) is 19.5 Å². The first-order valence-corrected chi connectivity index (χ1v) is 9.55. The van der Waals surface area contributed by atoms with Crippen molar-refractivity contribution >= 4 is 17.4 Å². The van der Waals surface area contributed by atoms with Crippen LogP contribution >= 0.6 is 0 Å². The minimum absolute atomic E-state index is 0.186. The van der Waals surface area contributed by atoms with Crippen LogP contribution in [0.2, 0.25) is 0 Å². The average Bonchev–Trinajstić information content (AvgIpc) is 2.95. The number of benzene rings is 1. The highest BCUT2D eigenvalue weighted by molar-refractivity contribution is 6.35. The topological polar surface area (TPSA) is 56.8 Å². The van der Waals surface area contributed by atoms with E-state index in [2.05, 4.69) is 21.8 Å². The lowest BCUT2D eigenvalue weighted by Crippen LogP contribution is -2.46. The second kappa shape index (κ2) is 7.56. The molecule has 1 aromatic heterocycles. The number of imide groups is 1. The molecular formula is C22H24N4O2. The molecule has 0 unspecified atom stereocenters. The summed E-state index contributed by atoms with van der Waals surface area (Å²) in [4.78, 5) is 36.5. The van der Waals surface area contributed by atoms with Crippen molar-refractivity contribution in [2.45, 2.75) is 13.5 Å². The van der Waals surface area contributed by atoms with Gasteiger partial charge in [0.15, 0.2) is 0 Å². The fourth-order valence-corrected chi connectivity index (χ4v) is 3.66. The van der Waals surface area contributed by atoms with Crippen molar-refractivity contribution in [2.24, 2.45) is 0 Å². The van der Waals surface area contributed by atoms with Crippen LogP contribution in [0, 0.1) is 6.92 Å². The first kappa shape index (κ1) is 18.4. The van der Waals surface area contributed by atoms with Gasteiger partial charge in [0.25, 0.3) is 11.8 Å². The molecule has 2 amide bonds. The molecule has 4 rings (SSSR count). The predicted octanol–water partition coefficient (Wildman–Crippen LogP) is 1.92. The number of aryl methyl sites for hydroxylation is 1. The molecule has 144 valence electrons. The Labute approximate surface area is 165 Å². The summed E-state index contributed by atoms with van der Waals surface area (Å²) in [7, 11) is 2.07. The molecule has 0 radical (unpaired) electrons. The molecule has 0 aliphatic carbocycles. The minimum Gasteiger partial charge on any atom is -0.364 e. The van der Waals surface area contributed by atoms with Crippen LogP contribution < -0.4 is 0 Å². The third kappa shape index (κ3) is 3.43. The zero-order chi connectivity index (χ0) is 19.7. The van der Waals surface area contributed by atoms with Gasteiger partial charge in [-0.1, -0.05) is 35.9 Å². The first-order chi connectivity index (χ1) is 13.5. The molecule has 2 aliphatic rings. The van der Waals surface area contributed by atoms with E-state index in [0.717, 1.165) is 37.3 Å². The molecule has 2 aromatic rings. The fraction of sp³-hybridized carbons (Fsp3) is 0.318. The second-order valence-electron chi connectivity index (χ2n) is 7.40. The lowest BCUT2D eigenvalue weighted by molar-refractivity contribution is -0.138. The number of carbonyl (C=O) groups excluding carboxylic acids is 2. The Morgan fingerprint density at radius 1 is 0.929 bits per heavy atom. The van der Waals surface area contributed by atoms with Crippen LogP contribution in [0.15, 0.2) is 54.4 Å². The average molecular weight is 376 g/mol. The molecule has 6 heteroatoms. The quantitative estimate of drug-likeness (QED) is 0.763. The molecule has 1 saturated heterocycles. The summed E-state index contributed by atoms with van der Waals surface area (Å²) in [6, 6.07) is 13.3. The van der Waals surface area contributed by atoms with Gasteiger partial charge in [0.1, 0.15) is 5.70 Å². The third-order valence-electron chi connectivity index (χ3n) is 5.35. The van der Waals surface area contributed by atoms with E-state index in [1.807, 2.05) is 49.4 Å². The second-order valence-corrected chi connectivity index (χ2v) is 7.40. The Morgan fingerprint density at radius 2 is 1.64 bits per heavy atom. The highest BCUT2D eigenvalue weighted by Gasteiger charge is 2.42. The molecule has 3 heterocycles. The summed E-state index contributed by atoms with van der Waals surface area (Å²) in [5.74, 6) is -0.468. The van der Waals surface area contributed by atoms with Crippen molar-refractivity contribution in [3.63, 3.8) is 0 Å². The Morgan fingerprint density at radius 3 is 2.29 bits per heavy atom. The van der Waals surface area contributed by atoms with Crippen LogP contribution in [0.25, 0.3) is 5.57 Å². The van der Waals surface area contributed by atoms with Crippen LogP contribution in [-0.2, 0) is 16.1 Å². The summed E-state index contributed by atoms with van der Waals surface area (Å²) in [6.45, 7) is 5.40. The molecule has 0 spiro atoms. The summed E-state index contributed by atoms with van der Waals surface area (Å²) in [5.41, 5.74) is 3.64. The number of hydrogen-bond donors (Lipinski definition) is 0. The minimum atomic E-state index is -0.242. The summed E-state index contributed by atoms with van der Waals surface area (Å²) in [6.07, 6.45) is 1.68. The molecule has 28 heavy (non-hydrogen) atoms. The lowest BCUT2D eigenvalue weighted by atomic mass is 10.0. The smallest absolute Gasteiger partial charge is 0.278 e. The number of rotatable bonds is 4. The number of piperazine rings is 1. The van der Waals surface area contributed by atoms with Crippen LogP contribution in [-0.4, -0.2) is 64.7 Å². The van der Waals surface area contributed by atoms with Gasteiger partial charge in [-0.25, -0.2) is 0 Å². The normalized spacial score (nSPS) is 18.4. The Hall–Kier alpha value is -2.99. The summed E-state index contributed by atoms with van der Waals surface area (Å²) >= 11 is 0. The molecular weight excluding hydrogens is 352 g/mol. The number of carbonyl (C=O) groups is 2. The van der Waals surface area contributed by atoms with E-state index in [-0.39, 0.29) is 18.4 Å². The van der Waals surface area contributed by atoms with E-state index >= 15 is 0 Å². The molecule has 1 fully saturated rings. The monoisotopic (exact) mass is 376 g/mol. The van der Waals surface area contributed by atoms with Crippen molar-refractivity contribution in [1.29, 1.82) is 0 Å². The maximum Gasteiger partial charge on any atom is 0.278 e. The number of hydrogen-bond acceptors (Lipinski definition) is 5. The van der Waals surface area contributed by atoms with Gasteiger partial charge in [-0.15, -0.1) is 0 Å². The number of nitrogens with zero attached hydrogens (tertiary/aromatic N) is 4. The van der Waals surface area contributed by atoms with Gasteiger partial charge in [-0.05, 0) is 31.7 Å². The zero-order valence-electron chi connectivity index (χ0n) is 16.3. The standard InChI is InChI=1S/C22H24N4O2/c1-16-6-8-17(9-7-16)19-20(25-13-11-24(2)12-14-25)22(28)26(21(19)27)15-18-5-3-4-10-23-18/h3-10H,11-15H2,1-2H3. The first-order valence-electron chi connectivity index (χ1n) is 9.55. The Balaban J connectivity index is 1.72. The van der Waals surface area contributed by atoms with Crippen molar-refractivity contribution < 1.29 is 9.59 Å². The highest BCUT2D eigenvalue weighted by atomic mass is 16.2. The van der Waals surface area contributed by atoms with E-state index in [0.29, 0.717) is 17.0 Å². The van der Waals surface area contributed by atoms with Gasteiger partial charge in [-0.2, -0.15) is 0 Å². The van der Waals surface area contributed by atoms with E-state index in [1.165, 1.54) is 4.90 Å². The van der Waals surface area contributed by atoms with Crippen LogP contribution in [0.1, 0.15) is 16.8 Å². The van der Waals surface area contributed by atoms with Crippen LogP contribution in [0.4, 0.5) is 0 Å². The van der Waals surface area contributed by atoms with Crippen molar-refractivity contribution in [2.75, 3.05) is 33.2 Å². The maximum atomic E-state index is 13.3. The Bertz CT molecular complexity index is 913. The van der Waals surface area contributed by atoms with Gasteiger partial charge in [0, 0.05) is 32.4 Å². The molecule has 0 bridgehead atoms. The third-order valence-corrected chi connectivity index (χ3v) is 5.35. The maximum absolute atomic E-state index is 13.3. The van der Waals surface area contributed by atoms with Crippen molar-refractivity contribution in [3.05, 3.63) is 71.2 Å². The van der Waals surface area contributed by atoms with Gasteiger partial charge in [0.05, 0.1) is 17.8 Å². The summed E-state index contributed by atoms with van der Waals surface area (Å²) < 4.78 is 0. The molecule has 6 nitrogen and oxygen atoms in total. The SMILES string of the molecule is Cc1ccc(C2=C(N3CCN(C)CC3)C(=O)N(Cc3ccccn3)C2=O)cc1. The number of amides is 2. The number of likely N-dealkylation sites (N-methyl/N-ethyl adjacent to an activating group) is 1. The van der Waals surface area contributed by atoms with Crippen LogP contribution in [0.3, 0.4) is 0 Å². The fourth-order valence-electron chi connectivity index (χ4n) is 3.66. The molecule has 1 aromatic carbocycles. The highest BCUT2D eigenvalue weighted by Crippen LogP contribution is 2.33. The van der Waals surface area contributed by atoms with Gasteiger partial charge < -0.3 is 9.80 Å². The molecule has 0 atom stereocenters. The predicted molar refractivity (Wildman–Crippen MR) is 107 cm³/mol. The van der Waals surface area contributed by atoms with Gasteiger partial charge in [0.2, 0.25) is 0 Å². The number of pyridine rings is 1. The largest absolute Gasteiger partial charge is 0.364 e. The Kier molecular flexibility index (Phi) is 4.96. The lowest BCUT2D eigenvalue weighted by Gasteiger charge is -2.34. The molecule has 0 N–H and O–H groups in total. The van der Waals surface area contributed by atoms with Gasteiger partial charge >= 0.3 is 0 Å². The van der Waals surface area contributed by atoms with E-state index in [1.54, 1.807) is 6.20 Å². The molecule has 0 saturated carbocycles. The molecule has 2 aliphatic heterocycles. The van der Waals surface area contributed by atoms with E-state index in [4.69, 9.17) is 0 Å². The zero-order valence-corrected chi connectivity index (χ0v) is 16.3. The van der Waals surface area contributed by atoms with Crippen molar-refractivity contribution in [1.82, 2.24) is 19.7 Å². The van der Waals surface area contributed by atoms with E-state index in [9.17, 15) is 9.59 Å². The van der Waals surface area contributed by atoms with Crippen LogP contribution in [0.5, 0.6) is 0 Å². The van der Waals surface area contributed by atoms with Crippen molar-refractivity contribution in [3.8, 4) is 0 Å².